The van der Waals surface area contributed by atoms with Gasteiger partial charge in [-0.3, -0.25) is 4.72 Å². The molecule has 0 amide bonds. The number of phenols is 1. The van der Waals surface area contributed by atoms with E-state index in [-0.39, 0.29) is 17.2 Å². The van der Waals surface area contributed by atoms with Gasteiger partial charge in [0.2, 0.25) is 10.0 Å². The minimum atomic E-state index is -3.40. The van der Waals surface area contributed by atoms with Gasteiger partial charge in [0.25, 0.3) is 0 Å². The molecule has 0 saturated heterocycles. The van der Waals surface area contributed by atoms with Gasteiger partial charge in [0.05, 0.1) is 11.4 Å². The Hall–Kier alpha value is -0.750. The molecule has 0 saturated carbocycles. The molecule has 1 aromatic carbocycles. The van der Waals surface area contributed by atoms with Crippen molar-refractivity contribution in [2.75, 3.05) is 10.5 Å². The number of anilines is 1. The number of halogens is 1. The predicted octanol–water partition coefficient (Wildman–Crippen LogP) is 2.94. The lowest BCUT2D eigenvalue weighted by Crippen LogP contribution is -2.18. The minimum absolute atomic E-state index is 0.0522. The van der Waals surface area contributed by atoms with Crippen LogP contribution in [0.15, 0.2) is 22.7 Å². The van der Waals surface area contributed by atoms with Crippen molar-refractivity contribution in [2.45, 2.75) is 20.3 Å². The molecule has 0 fully saturated rings. The van der Waals surface area contributed by atoms with Crippen molar-refractivity contribution in [3.8, 4) is 5.75 Å². The normalized spacial score (nSPS) is 11.8. The molecule has 0 bridgehead atoms. The van der Waals surface area contributed by atoms with Crippen molar-refractivity contribution in [3.63, 3.8) is 0 Å². The Morgan fingerprint density at radius 3 is 2.65 bits per heavy atom. The number of hydrogen-bond acceptors (Lipinski definition) is 3. The van der Waals surface area contributed by atoms with E-state index < -0.39 is 10.0 Å². The minimum Gasteiger partial charge on any atom is -0.506 e. The maximum absolute atomic E-state index is 11.7. The number of aromatic hydroxyl groups is 1. The predicted molar refractivity (Wildman–Crippen MR) is 72.7 cm³/mol. The zero-order valence-corrected chi connectivity index (χ0v) is 12.2. The number of rotatable bonds is 5. The molecule has 0 aliphatic carbocycles. The first-order valence-electron chi connectivity index (χ1n) is 5.29. The first-order valence-corrected chi connectivity index (χ1v) is 7.73. The summed E-state index contributed by atoms with van der Waals surface area (Å²) < 4.78 is 26.5. The van der Waals surface area contributed by atoms with E-state index in [2.05, 4.69) is 20.7 Å². The Labute approximate surface area is 110 Å². The van der Waals surface area contributed by atoms with Crippen LogP contribution in [0.3, 0.4) is 0 Å². The van der Waals surface area contributed by atoms with Gasteiger partial charge in [-0.05, 0) is 30.5 Å². The molecule has 1 rings (SSSR count). The molecule has 2 N–H and O–H groups in total. The summed E-state index contributed by atoms with van der Waals surface area (Å²) in [5, 5.41) is 9.53. The van der Waals surface area contributed by atoms with E-state index in [1.165, 1.54) is 12.1 Å². The Bertz CT molecular complexity index is 485. The highest BCUT2D eigenvalue weighted by Gasteiger charge is 2.13. The van der Waals surface area contributed by atoms with Gasteiger partial charge in [-0.25, -0.2) is 8.42 Å². The highest BCUT2D eigenvalue weighted by Crippen LogP contribution is 2.27. The summed E-state index contributed by atoms with van der Waals surface area (Å²) in [6, 6.07) is 4.61. The van der Waals surface area contributed by atoms with Crippen molar-refractivity contribution in [2.24, 2.45) is 5.92 Å². The molecule has 0 aliphatic rings. The number of hydrogen-bond donors (Lipinski definition) is 2. The van der Waals surface area contributed by atoms with E-state index in [1.54, 1.807) is 6.07 Å². The smallest absolute Gasteiger partial charge is 0.232 e. The summed E-state index contributed by atoms with van der Waals surface area (Å²) in [5.41, 5.74) is 0.197. The SMILES string of the molecule is CC(C)CCS(=O)(=O)Nc1cc(Br)ccc1O. The molecule has 96 valence electrons. The Kier molecular flexibility index (Phi) is 4.82. The van der Waals surface area contributed by atoms with Crippen LogP contribution < -0.4 is 4.72 Å². The Morgan fingerprint density at radius 2 is 2.06 bits per heavy atom. The fourth-order valence-electron chi connectivity index (χ4n) is 1.20. The van der Waals surface area contributed by atoms with Gasteiger partial charge in [0.1, 0.15) is 5.75 Å². The number of nitrogens with one attached hydrogen (secondary N) is 1. The molecule has 0 atom stereocenters. The van der Waals surface area contributed by atoms with Crippen LogP contribution in [0.25, 0.3) is 0 Å². The van der Waals surface area contributed by atoms with Gasteiger partial charge in [0, 0.05) is 4.47 Å². The molecule has 6 heteroatoms. The summed E-state index contributed by atoms with van der Waals surface area (Å²) in [5.74, 6) is 0.292. The zero-order valence-electron chi connectivity index (χ0n) is 9.77. The van der Waals surface area contributed by atoms with Crippen molar-refractivity contribution in [3.05, 3.63) is 22.7 Å². The van der Waals surface area contributed by atoms with Crippen LogP contribution in [0, 0.1) is 5.92 Å². The maximum Gasteiger partial charge on any atom is 0.232 e. The van der Waals surface area contributed by atoms with E-state index in [1.807, 2.05) is 13.8 Å². The molecular weight excluding hydrogens is 306 g/mol. The lowest BCUT2D eigenvalue weighted by Gasteiger charge is -2.10. The molecule has 1 aromatic rings. The van der Waals surface area contributed by atoms with Gasteiger partial charge in [-0.15, -0.1) is 0 Å². The Morgan fingerprint density at radius 1 is 1.41 bits per heavy atom. The first-order chi connectivity index (χ1) is 7.80. The number of benzene rings is 1. The molecule has 0 radical (unpaired) electrons. The highest BCUT2D eigenvalue weighted by atomic mass is 79.9. The monoisotopic (exact) mass is 321 g/mol. The van der Waals surface area contributed by atoms with Gasteiger partial charge < -0.3 is 5.11 Å². The van der Waals surface area contributed by atoms with Crippen LogP contribution in [0.1, 0.15) is 20.3 Å². The summed E-state index contributed by atoms with van der Waals surface area (Å²) in [6.07, 6.45) is 0.587. The van der Waals surface area contributed by atoms with E-state index in [0.29, 0.717) is 16.8 Å². The molecule has 17 heavy (non-hydrogen) atoms. The lowest BCUT2D eigenvalue weighted by molar-refractivity contribution is 0.477. The van der Waals surface area contributed by atoms with Crippen LogP contribution in [-0.4, -0.2) is 19.3 Å². The molecule has 4 nitrogen and oxygen atoms in total. The Balaban J connectivity index is 2.79. The number of phenolic OH excluding ortho intramolecular Hbond substituents is 1. The van der Waals surface area contributed by atoms with Crippen molar-refractivity contribution in [1.82, 2.24) is 0 Å². The molecular formula is C11H16BrNO3S. The zero-order chi connectivity index (χ0) is 13.1. The fraction of sp³-hybridized carbons (Fsp3) is 0.455. The van der Waals surface area contributed by atoms with Crippen molar-refractivity contribution < 1.29 is 13.5 Å². The van der Waals surface area contributed by atoms with Crippen LogP contribution in [0.2, 0.25) is 0 Å². The average molecular weight is 322 g/mol. The third-order valence-corrected chi connectivity index (χ3v) is 3.99. The molecule has 0 spiro atoms. The van der Waals surface area contributed by atoms with Crippen LogP contribution >= 0.6 is 15.9 Å². The van der Waals surface area contributed by atoms with Crippen molar-refractivity contribution in [1.29, 1.82) is 0 Å². The van der Waals surface area contributed by atoms with Crippen LogP contribution in [-0.2, 0) is 10.0 Å². The third kappa shape index (κ3) is 4.95. The second-order valence-electron chi connectivity index (χ2n) is 4.26. The first kappa shape index (κ1) is 14.3. The number of sulfonamides is 1. The topological polar surface area (TPSA) is 66.4 Å². The standard InChI is InChI=1S/C11H16BrNO3S/c1-8(2)5-6-17(15,16)13-10-7-9(12)3-4-11(10)14/h3-4,7-8,13-14H,5-6H2,1-2H3. The molecule has 0 aromatic heterocycles. The third-order valence-electron chi connectivity index (χ3n) is 2.19. The summed E-state index contributed by atoms with van der Waals surface area (Å²) >= 11 is 3.22. The molecule has 0 unspecified atom stereocenters. The van der Waals surface area contributed by atoms with Gasteiger partial charge in [-0.2, -0.15) is 0 Å². The highest BCUT2D eigenvalue weighted by molar-refractivity contribution is 9.10. The van der Waals surface area contributed by atoms with Gasteiger partial charge in [0.15, 0.2) is 0 Å². The van der Waals surface area contributed by atoms with Gasteiger partial charge >= 0.3 is 0 Å². The second kappa shape index (κ2) is 5.73. The second-order valence-corrected chi connectivity index (χ2v) is 7.02. The van der Waals surface area contributed by atoms with E-state index in [0.717, 1.165) is 0 Å². The molecule has 0 aliphatic heterocycles. The summed E-state index contributed by atoms with van der Waals surface area (Å²) in [4.78, 5) is 0. The summed E-state index contributed by atoms with van der Waals surface area (Å²) in [7, 11) is -3.40. The van der Waals surface area contributed by atoms with Crippen LogP contribution in [0.4, 0.5) is 5.69 Å². The quantitative estimate of drug-likeness (QED) is 0.819. The van der Waals surface area contributed by atoms with Crippen LogP contribution in [0.5, 0.6) is 5.75 Å². The summed E-state index contributed by atoms with van der Waals surface area (Å²) in [6.45, 7) is 3.93. The van der Waals surface area contributed by atoms with Gasteiger partial charge in [-0.1, -0.05) is 29.8 Å². The van der Waals surface area contributed by atoms with E-state index in [9.17, 15) is 13.5 Å². The average Bonchev–Trinajstić information content (AvgIpc) is 2.20. The molecule has 0 heterocycles. The fourth-order valence-corrected chi connectivity index (χ4v) is 2.94. The van der Waals surface area contributed by atoms with Crippen molar-refractivity contribution >= 4 is 31.6 Å². The van der Waals surface area contributed by atoms with E-state index in [4.69, 9.17) is 0 Å². The van der Waals surface area contributed by atoms with E-state index >= 15 is 0 Å². The largest absolute Gasteiger partial charge is 0.506 e. The lowest BCUT2D eigenvalue weighted by atomic mass is 10.2. The maximum atomic E-state index is 11.7.